The van der Waals surface area contributed by atoms with Crippen molar-refractivity contribution in [3.05, 3.63) is 28.3 Å². The van der Waals surface area contributed by atoms with Gasteiger partial charge in [0, 0.05) is 37.8 Å². The lowest BCUT2D eigenvalue weighted by Gasteiger charge is -2.45. The molecule has 0 amide bonds. The number of primary sulfonamides is 1. The maximum atomic E-state index is 11.9. The number of sulfonamides is 1. The Morgan fingerprint density at radius 3 is 2.70 bits per heavy atom. The van der Waals surface area contributed by atoms with Crippen molar-refractivity contribution in [3.63, 3.8) is 0 Å². The van der Waals surface area contributed by atoms with E-state index in [0.29, 0.717) is 18.3 Å². The summed E-state index contributed by atoms with van der Waals surface area (Å²) in [6.45, 7) is 3.36. The zero-order valence-corrected chi connectivity index (χ0v) is 13.5. The zero-order valence-electron chi connectivity index (χ0n) is 12.7. The molecule has 126 valence electrons. The van der Waals surface area contributed by atoms with Crippen molar-refractivity contribution >= 4 is 21.4 Å². The Labute approximate surface area is 135 Å². The first-order valence-corrected chi connectivity index (χ1v) is 9.21. The van der Waals surface area contributed by atoms with Gasteiger partial charge in [-0.3, -0.25) is 15.0 Å². The number of anilines is 1. The summed E-state index contributed by atoms with van der Waals surface area (Å²) in [5.74, 6) is 0. The molecule has 2 fully saturated rings. The van der Waals surface area contributed by atoms with E-state index < -0.39 is 14.9 Å². The van der Waals surface area contributed by atoms with E-state index in [1.54, 1.807) is 0 Å². The molecule has 9 heteroatoms. The first-order chi connectivity index (χ1) is 10.9. The van der Waals surface area contributed by atoms with Crippen LogP contribution in [0.5, 0.6) is 0 Å². The van der Waals surface area contributed by atoms with Crippen LogP contribution in [0.1, 0.15) is 19.3 Å². The van der Waals surface area contributed by atoms with Gasteiger partial charge in [-0.05, 0) is 25.5 Å². The molecule has 0 aliphatic carbocycles. The number of hydrogen-bond donors (Lipinski definition) is 1. The van der Waals surface area contributed by atoms with E-state index in [-0.39, 0.29) is 10.6 Å². The van der Waals surface area contributed by atoms with Gasteiger partial charge in [-0.15, -0.1) is 0 Å². The molecule has 3 rings (SSSR count). The van der Waals surface area contributed by atoms with E-state index in [0.717, 1.165) is 32.1 Å². The number of piperazine rings is 1. The molecule has 0 bridgehead atoms. The van der Waals surface area contributed by atoms with Crippen molar-refractivity contribution in [2.75, 3.05) is 31.1 Å². The highest BCUT2D eigenvalue weighted by Crippen LogP contribution is 2.31. The molecule has 1 aromatic carbocycles. The summed E-state index contributed by atoms with van der Waals surface area (Å²) < 4.78 is 23.7. The highest BCUT2D eigenvalue weighted by atomic mass is 32.2. The lowest BCUT2D eigenvalue weighted by molar-refractivity contribution is -0.385. The van der Waals surface area contributed by atoms with E-state index in [1.807, 2.05) is 4.90 Å². The van der Waals surface area contributed by atoms with Crippen molar-refractivity contribution in [2.24, 2.45) is 5.14 Å². The molecule has 0 radical (unpaired) electrons. The van der Waals surface area contributed by atoms with Gasteiger partial charge in [0.15, 0.2) is 0 Å². The molecule has 0 spiro atoms. The smallest absolute Gasteiger partial charge is 0.270 e. The molecule has 0 unspecified atom stereocenters. The van der Waals surface area contributed by atoms with Gasteiger partial charge in [0.1, 0.15) is 4.90 Å². The van der Waals surface area contributed by atoms with Crippen LogP contribution >= 0.6 is 0 Å². The minimum atomic E-state index is -4.03. The van der Waals surface area contributed by atoms with Crippen LogP contribution in [0.15, 0.2) is 23.1 Å². The summed E-state index contributed by atoms with van der Waals surface area (Å²) in [6, 6.07) is 4.28. The van der Waals surface area contributed by atoms with Crippen LogP contribution in [0.4, 0.5) is 11.4 Å². The number of fused-ring (bicyclic) bond motifs is 1. The van der Waals surface area contributed by atoms with E-state index in [2.05, 4.69) is 4.90 Å². The highest BCUT2D eigenvalue weighted by Gasteiger charge is 2.31. The Kier molecular flexibility index (Phi) is 4.26. The number of nitro groups is 1. The Bertz CT molecular complexity index is 721. The van der Waals surface area contributed by atoms with Gasteiger partial charge in [0.05, 0.1) is 10.6 Å². The molecule has 1 atom stereocenters. The topological polar surface area (TPSA) is 110 Å². The molecule has 0 saturated carbocycles. The predicted octanol–water partition coefficient (Wildman–Crippen LogP) is 0.917. The molecule has 23 heavy (non-hydrogen) atoms. The lowest BCUT2D eigenvalue weighted by Crippen LogP contribution is -2.55. The monoisotopic (exact) mass is 340 g/mol. The first-order valence-electron chi connectivity index (χ1n) is 7.66. The second-order valence-electron chi connectivity index (χ2n) is 6.09. The normalized spacial score (nSPS) is 22.7. The molecule has 2 saturated heterocycles. The van der Waals surface area contributed by atoms with Crippen molar-refractivity contribution in [1.82, 2.24) is 4.90 Å². The third-order valence-electron chi connectivity index (χ3n) is 4.64. The fraction of sp³-hybridized carbons (Fsp3) is 0.571. The maximum Gasteiger partial charge on any atom is 0.270 e. The number of hydrogen-bond acceptors (Lipinski definition) is 6. The number of nitrogens with zero attached hydrogens (tertiary/aromatic N) is 3. The second kappa shape index (κ2) is 6.06. The van der Waals surface area contributed by atoms with Crippen LogP contribution in [0.3, 0.4) is 0 Å². The SMILES string of the molecule is NS(=O)(=O)c1cc([N+](=O)[O-])ccc1N1CCN2CCCC[C@H]2C1. The number of piperidine rings is 1. The first kappa shape index (κ1) is 16.2. The largest absolute Gasteiger partial charge is 0.368 e. The summed E-state index contributed by atoms with van der Waals surface area (Å²) in [6.07, 6.45) is 3.47. The van der Waals surface area contributed by atoms with Crippen LogP contribution in [-0.4, -0.2) is 50.5 Å². The average molecular weight is 340 g/mol. The average Bonchev–Trinajstić information content (AvgIpc) is 2.53. The van der Waals surface area contributed by atoms with Crippen LogP contribution in [0, 0.1) is 10.1 Å². The Hall–Kier alpha value is -1.71. The third kappa shape index (κ3) is 3.31. The summed E-state index contributed by atoms with van der Waals surface area (Å²) in [7, 11) is -4.03. The van der Waals surface area contributed by atoms with Gasteiger partial charge in [0.25, 0.3) is 5.69 Å². The molecule has 1 aromatic rings. The van der Waals surface area contributed by atoms with Crippen LogP contribution in [0.25, 0.3) is 0 Å². The molecular weight excluding hydrogens is 320 g/mol. The summed E-state index contributed by atoms with van der Waals surface area (Å²) in [4.78, 5) is 14.5. The minimum Gasteiger partial charge on any atom is -0.368 e. The standard InChI is InChI=1S/C14H20N4O4S/c15-23(21,22)14-9-11(18(19)20)4-5-13(14)17-8-7-16-6-2-1-3-12(16)10-17/h4-5,9,12H,1-3,6-8,10H2,(H2,15,21,22)/t12-/m0/s1. The summed E-state index contributed by atoms with van der Waals surface area (Å²) in [5.41, 5.74) is 0.192. The number of nitro benzene ring substituents is 1. The Morgan fingerprint density at radius 1 is 1.22 bits per heavy atom. The van der Waals surface area contributed by atoms with Crippen molar-refractivity contribution in [3.8, 4) is 0 Å². The zero-order chi connectivity index (χ0) is 16.6. The minimum absolute atomic E-state index is 0.170. The summed E-state index contributed by atoms with van der Waals surface area (Å²) in [5, 5.41) is 16.2. The van der Waals surface area contributed by atoms with Gasteiger partial charge in [-0.2, -0.15) is 0 Å². The molecule has 2 N–H and O–H groups in total. The van der Waals surface area contributed by atoms with Crippen LogP contribution in [0.2, 0.25) is 0 Å². The van der Waals surface area contributed by atoms with E-state index in [9.17, 15) is 18.5 Å². The van der Waals surface area contributed by atoms with Gasteiger partial charge in [-0.1, -0.05) is 6.42 Å². The van der Waals surface area contributed by atoms with Gasteiger partial charge in [0.2, 0.25) is 10.0 Å². The van der Waals surface area contributed by atoms with E-state index in [1.165, 1.54) is 25.0 Å². The predicted molar refractivity (Wildman–Crippen MR) is 85.9 cm³/mol. The highest BCUT2D eigenvalue weighted by molar-refractivity contribution is 7.89. The number of nitrogens with two attached hydrogens (primary N) is 1. The van der Waals surface area contributed by atoms with Crippen molar-refractivity contribution < 1.29 is 13.3 Å². The number of rotatable bonds is 3. The maximum absolute atomic E-state index is 11.9. The summed E-state index contributed by atoms with van der Waals surface area (Å²) >= 11 is 0. The Balaban J connectivity index is 1.94. The second-order valence-corrected chi connectivity index (χ2v) is 7.62. The Morgan fingerprint density at radius 2 is 2.00 bits per heavy atom. The van der Waals surface area contributed by atoms with E-state index >= 15 is 0 Å². The molecule has 2 aliphatic rings. The van der Waals surface area contributed by atoms with E-state index in [4.69, 9.17) is 5.14 Å². The lowest BCUT2D eigenvalue weighted by atomic mass is 9.99. The van der Waals surface area contributed by atoms with Crippen molar-refractivity contribution in [1.29, 1.82) is 0 Å². The van der Waals surface area contributed by atoms with Crippen LogP contribution in [-0.2, 0) is 10.0 Å². The molecule has 0 aromatic heterocycles. The molecular formula is C14H20N4O4S. The van der Waals surface area contributed by atoms with Gasteiger partial charge in [-0.25, -0.2) is 13.6 Å². The number of non-ortho nitro benzene ring substituents is 1. The molecule has 2 aliphatic heterocycles. The fourth-order valence-corrected chi connectivity index (χ4v) is 4.25. The van der Waals surface area contributed by atoms with Gasteiger partial charge < -0.3 is 4.90 Å². The van der Waals surface area contributed by atoms with Gasteiger partial charge >= 0.3 is 0 Å². The van der Waals surface area contributed by atoms with Crippen molar-refractivity contribution in [2.45, 2.75) is 30.2 Å². The fourth-order valence-electron chi connectivity index (χ4n) is 3.48. The van der Waals surface area contributed by atoms with Crippen LogP contribution < -0.4 is 10.0 Å². The number of benzene rings is 1. The molecule has 8 nitrogen and oxygen atoms in total. The third-order valence-corrected chi connectivity index (χ3v) is 5.58. The quantitative estimate of drug-likeness (QED) is 0.647. The molecule has 2 heterocycles.